The first-order valence-electron chi connectivity index (χ1n) is 22.8. The molecule has 0 unspecified atom stereocenters. The average molecular weight is 837 g/mol. The minimum Gasteiger partial charge on any atom is -0.0622 e. The fourth-order valence-electron chi connectivity index (χ4n) is 10.1. The van der Waals surface area contributed by atoms with Gasteiger partial charge in [0, 0.05) is 0 Å². The standard InChI is InChI=1S/C66H44/c1-3-16-46(17-4-1)53-42-54(47-18-5-2-6-19-47)44-55(43-53)48-36-38-52(39-37-48)66-63-27-13-11-25-61(63)65(62-26-12-14-28-64(62)66)51-34-31-45(32-35-51)30-33-50-40-41-60(58-24-10-9-23-57(50)58)59-29-15-21-49-20-7-8-22-56(49)59/h1-44H/b33-30+. The van der Waals surface area contributed by atoms with E-state index < -0.39 is 0 Å². The van der Waals surface area contributed by atoms with Gasteiger partial charge >= 0.3 is 0 Å². The maximum atomic E-state index is 2.32. The number of fused-ring (bicyclic) bond motifs is 4. The summed E-state index contributed by atoms with van der Waals surface area (Å²) in [7, 11) is 0. The van der Waals surface area contributed by atoms with Gasteiger partial charge in [0.15, 0.2) is 0 Å². The predicted octanol–water partition coefficient (Wildman–Crippen LogP) is 18.5. The maximum absolute atomic E-state index is 2.32. The highest BCUT2D eigenvalue weighted by atomic mass is 14.2. The molecule has 0 saturated heterocycles. The van der Waals surface area contributed by atoms with Gasteiger partial charge in [-0.25, -0.2) is 0 Å². The highest BCUT2D eigenvalue weighted by molar-refractivity contribution is 6.21. The lowest BCUT2D eigenvalue weighted by molar-refractivity contribution is 1.56. The normalized spacial score (nSPS) is 11.6. The molecule has 0 aliphatic heterocycles. The molecule has 0 aromatic heterocycles. The number of rotatable bonds is 8. The topological polar surface area (TPSA) is 0 Å². The van der Waals surface area contributed by atoms with Crippen LogP contribution in [0.5, 0.6) is 0 Å². The minimum absolute atomic E-state index is 1.16. The quantitative estimate of drug-likeness (QED) is 0.106. The number of benzene rings is 12. The number of hydrogen-bond acceptors (Lipinski definition) is 0. The molecule has 308 valence electrons. The second-order valence-corrected chi connectivity index (χ2v) is 17.2. The van der Waals surface area contributed by atoms with Crippen LogP contribution in [0.25, 0.3) is 122 Å². The Kier molecular flexibility index (Phi) is 9.97. The Balaban J connectivity index is 0.893. The van der Waals surface area contributed by atoms with Crippen molar-refractivity contribution in [2.75, 3.05) is 0 Å². The average Bonchev–Trinajstić information content (AvgIpc) is 3.40. The smallest absolute Gasteiger partial charge is 0.00264 e. The van der Waals surface area contributed by atoms with Gasteiger partial charge in [0.05, 0.1) is 0 Å². The molecule has 0 fully saturated rings. The van der Waals surface area contributed by atoms with Gasteiger partial charge in [0.1, 0.15) is 0 Å². The molecule has 12 aromatic rings. The minimum atomic E-state index is 1.16. The van der Waals surface area contributed by atoms with Crippen molar-refractivity contribution in [3.8, 4) is 66.8 Å². The van der Waals surface area contributed by atoms with E-state index in [2.05, 4.69) is 267 Å². The zero-order chi connectivity index (χ0) is 43.8. The van der Waals surface area contributed by atoms with Crippen LogP contribution in [-0.4, -0.2) is 0 Å². The van der Waals surface area contributed by atoms with Crippen LogP contribution in [0.1, 0.15) is 11.1 Å². The first-order chi connectivity index (χ1) is 32.7. The Labute approximate surface area is 386 Å². The highest BCUT2D eigenvalue weighted by Gasteiger charge is 2.17. The van der Waals surface area contributed by atoms with Crippen molar-refractivity contribution in [3.05, 3.63) is 266 Å². The first kappa shape index (κ1) is 39.0. The summed E-state index contributed by atoms with van der Waals surface area (Å²) in [5, 5.41) is 10.0. The molecule has 0 atom stereocenters. The van der Waals surface area contributed by atoms with Crippen molar-refractivity contribution in [1.29, 1.82) is 0 Å². The van der Waals surface area contributed by atoms with Crippen molar-refractivity contribution in [3.63, 3.8) is 0 Å². The molecule has 66 heavy (non-hydrogen) atoms. The molecule has 12 rings (SSSR count). The summed E-state index contributed by atoms with van der Waals surface area (Å²) in [6, 6.07) is 93.0. The van der Waals surface area contributed by atoms with Crippen LogP contribution in [0.3, 0.4) is 0 Å². The lowest BCUT2D eigenvalue weighted by Gasteiger charge is -2.18. The Morgan fingerprint density at radius 3 is 1.15 bits per heavy atom. The second-order valence-electron chi connectivity index (χ2n) is 17.2. The monoisotopic (exact) mass is 836 g/mol. The largest absolute Gasteiger partial charge is 0.0622 e. The molecule has 0 heteroatoms. The summed E-state index contributed by atoms with van der Waals surface area (Å²) in [6.07, 6.45) is 4.50. The highest BCUT2D eigenvalue weighted by Crippen LogP contribution is 2.44. The third-order valence-electron chi connectivity index (χ3n) is 13.3. The third kappa shape index (κ3) is 7.16. The Morgan fingerprint density at radius 2 is 0.606 bits per heavy atom. The SMILES string of the molecule is C(=C\c1ccc(-c2cccc3ccccc23)c2ccccc12)/c1ccc(-c2c3ccccc3c(-c3ccc(-c4cc(-c5ccccc5)cc(-c5ccccc5)c4)cc3)c3ccccc23)cc1. The van der Waals surface area contributed by atoms with E-state index in [1.54, 1.807) is 0 Å². The molecule has 0 N–H and O–H groups in total. The van der Waals surface area contributed by atoms with E-state index in [0.717, 1.165) is 5.56 Å². The first-order valence-corrected chi connectivity index (χ1v) is 22.8. The number of hydrogen-bond donors (Lipinski definition) is 0. The zero-order valence-corrected chi connectivity index (χ0v) is 36.4. The molecular weight excluding hydrogens is 793 g/mol. The molecular formula is C66H44. The predicted molar refractivity (Wildman–Crippen MR) is 284 cm³/mol. The molecule has 0 heterocycles. The van der Waals surface area contributed by atoms with Gasteiger partial charge in [-0.1, -0.05) is 249 Å². The van der Waals surface area contributed by atoms with Gasteiger partial charge in [-0.3, -0.25) is 0 Å². The van der Waals surface area contributed by atoms with E-state index in [1.165, 1.54) is 115 Å². The van der Waals surface area contributed by atoms with Crippen LogP contribution in [0.2, 0.25) is 0 Å². The van der Waals surface area contributed by atoms with Crippen LogP contribution in [0, 0.1) is 0 Å². The molecule has 0 spiro atoms. The summed E-state index contributed by atoms with van der Waals surface area (Å²) in [5.74, 6) is 0. The van der Waals surface area contributed by atoms with Gasteiger partial charge in [-0.2, -0.15) is 0 Å². The van der Waals surface area contributed by atoms with E-state index in [0.29, 0.717) is 0 Å². The summed E-state index contributed by atoms with van der Waals surface area (Å²) < 4.78 is 0. The molecule has 0 amide bonds. The van der Waals surface area contributed by atoms with Crippen LogP contribution < -0.4 is 0 Å². The maximum Gasteiger partial charge on any atom is -0.00264 e. The van der Waals surface area contributed by atoms with Crippen LogP contribution in [-0.2, 0) is 0 Å². The zero-order valence-electron chi connectivity index (χ0n) is 36.4. The van der Waals surface area contributed by atoms with Gasteiger partial charge in [-0.15, -0.1) is 0 Å². The van der Waals surface area contributed by atoms with Crippen molar-refractivity contribution in [1.82, 2.24) is 0 Å². The van der Waals surface area contributed by atoms with E-state index in [-0.39, 0.29) is 0 Å². The molecule has 0 aliphatic carbocycles. The van der Waals surface area contributed by atoms with E-state index in [1.807, 2.05) is 0 Å². The fraction of sp³-hybridized carbons (Fsp3) is 0. The van der Waals surface area contributed by atoms with Crippen LogP contribution >= 0.6 is 0 Å². The second kappa shape index (κ2) is 16.8. The van der Waals surface area contributed by atoms with E-state index >= 15 is 0 Å². The Hall–Kier alpha value is -8.58. The Morgan fingerprint density at radius 1 is 0.212 bits per heavy atom. The van der Waals surface area contributed by atoms with Gasteiger partial charge in [0.25, 0.3) is 0 Å². The van der Waals surface area contributed by atoms with Crippen molar-refractivity contribution >= 4 is 55.2 Å². The summed E-state index contributed by atoms with van der Waals surface area (Å²) >= 11 is 0. The lowest BCUT2D eigenvalue weighted by Crippen LogP contribution is -1.91. The van der Waals surface area contributed by atoms with Gasteiger partial charge < -0.3 is 0 Å². The summed E-state index contributed by atoms with van der Waals surface area (Å²) in [6.45, 7) is 0. The van der Waals surface area contributed by atoms with Crippen LogP contribution in [0.15, 0.2) is 255 Å². The van der Waals surface area contributed by atoms with Crippen molar-refractivity contribution in [2.24, 2.45) is 0 Å². The van der Waals surface area contributed by atoms with Crippen molar-refractivity contribution in [2.45, 2.75) is 0 Å². The van der Waals surface area contributed by atoms with Crippen LogP contribution in [0.4, 0.5) is 0 Å². The lowest BCUT2D eigenvalue weighted by atomic mass is 9.85. The molecule has 0 saturated carbocycles. The molecule has 12 aromatic carbocycles. The fourth-order valence-corrected chi connectivity index (χ4v) is 10.1. The molecule has 0 radical (unpaired) electrons. The summed E-state index contributed by atoms with van der Waals surface area (Å²) in [4.78, 5) is 0. The van der Waals surface area contributed by atoms with E-state index in [4.69, 9.17) is 0 Å². The third-order valence-corrected chi connectivity index (χ3v) is 13.3. The van der Waals surface area contributed by atoms with E-state index in [9.17, 15) is 0 Å². The molecule has 0 nitrogen and oxygen atoms in total. The molecule has 0 aliphatic rings. The summed E-state index contributed by atoms with van der Waals surface area (Å²) in [5.41, 5.74) is 17.1. The van der Waals surface area contributed by atoms with Gasteiger partial charge in [0.2, 0.25) is 0 Å². The Bertz CT molecular complexity index is 3640. The molecule has 0 bridgehead atoms. The van der Waals surface area contributed by atoms with Gasteiger partial charge in [-0.05, 0) is 139 Å². The van der Waals surface area contributed by atoms with Crippen molar-refractivity contribution < 1.29 is 0 Å².